The van der Waals surface area contributed by atoms with Gasteiger partial charge in [-0.3, -0.25) is 4.79 Å². The highest BCUT2D eigenvalue weighted by atomic mass is 32.2. The van der Waals surface area contributed by atoms with Crippen LogP contribution in [0.15, 0.2) is 34.6 Å². The third kappa shape index (κ3) is 2.96. The quantitative estimate of drug-likeness (QED) is 0.785. The lowest BCUT2D eigenvalue weighted by atomic mass is 9.73. The average molecular weight is 401 g/mol. The molecule has 1 aromatic heterocycles. The molecule has 7 nitrogen and oxygen atoms in total. The van der Waals surface area contributed by atoms with Gasteiger partial charge in [0.1, 0.15) is 6.04 Å². The number of ketones is 1. The Balaban J connectivity index is 1.97. The predicted molar refractivity (Wildman–Crippen MR) is 108 cm³/mol. The smallest absolute Gasteiger partial charge is 0.227 e. The molecule has 1 N–H and O–H groups in total. The lowest BCUT2D eigenvalue weighted by molar-refractivity contribution is -0.118. The summed E-state index contributed by atoms with van der Waals surface area (Å²) in [6.07, 6.45) is 3.21. The van der Waals surface area contributed by atoms with Gasteiger partial charge >= 0.3 is 0 Å². The van der Waals surface area contributed by atoms with Crippen LogP contribution in [0, 0.1) is 5.41 Å². The Labute approximate surface area is 168 Å². The molecule has 0 saturated carbocycles. The minimum absolute atomic E-state index is 0.101. The van der Waals surface area contributed by atoms with Gasteiger partial charge in [0.15, 0.2) is 17.3 Å². The van der Waals surface area contributed by atoms with E-state index in [0.29, 0.717) is 29.0 Å². The lowest BCUT2D eigenvalue weighted by Crippen LogP contribution is -2.36. The van der Waals surface area contributed by atoms with Crippen LogP contribution in [-0.2, 0) is 4.79 Å². The van der Waals surface area contributed by atoms with E-state index in [1.165, 1.54) is 11.8 Å². The van der Waals surface area contributed by atoms with E-state index in [9.17, 15) is 4.79 Å². The highest BCUT2D eigenvalue weighted by Gasteiger charge is 2.43. The van der Waals surface area contributed by atoms with Crippen LogP contribution < -0.4 is 14.8 Å². The van der Waals surface area contributed by atoms with Gasteiger partial charge in [0.2, 0.25) is 11.1 Å². The van der Waals surface area contributed by atoms with Crippen molar-refractivity contribution in [2.75, 3.05) is 25.8 Å². The van der Waals surface area contributed by atoms with Crippen molar-refractivity contribution in [3.63, 3.8) is 0 Å². The van der Waals surface area contributed by atoms with Gasteiger partial charge in [0.25, 0.3) is 0 Å². The summed E-state index contributed by atoms with van der Waals surface area (Å²) >= 11 is 1.47. The third-order valence-electron chi connectivity index (χ3n) is 5.22. The number of ether oxygens (including phenoxy) is 2. The van der Waals surface area contributed by atoms with Crippen molar-refractivity contribution in [2.45, 2.75) is 37.9 Å². The summed E-state index contributed by atoms with van der Waals surface area (Å²) in [5.74, 6) is 1.99. The normalized spacial score (nSPS) is 20.3. The zero-order valence-corrected chi connectivity index (χ0v) is 17.5. The summed E-state index contributed by atoms with van der Waals surface area (Å²) in [7, 11) is 3.22. The van der Waals surface area contributed by atoms with Crippen molar-refractivity contribution in [1.82, 2.24) is 14.8 Å². The second-order valence-corrected chi connectivity index (χ2v) is 8.58. The second-order valence-electron chi connectivity index (χ2n) is 7.81. The number of aromatic nitrogens is 3. The minimum Gasteiger partial charge on any atom is -0.493 e. The molecule has 0 amide bonds. The molecule has 0 radical (unpaired) electrons. The van der Waals surface area contributed by atoms with Crippen LogP contribution >= 0.6 is 11.8 Å². The number of fused-ring (bicyclic) bond motifs is 1. The second kappa shape index (κ2) is 6.84. The number of rotatable bonds is 4. The first-order valence-electron chi connectivity index (χ1n) is 9.13. The standard InChI is InChI=1S/C20H24N4O3S/c1-20(2)9-12-15(13(25)10-20)16(24-18(21-12)22-19(23-24)28-5)11-7-6-8-14(26-3)17(11)27-4/h6-8,16H,9-10H2,1-5H3,(H,21,22,23)/t16-/m0/s1. The maximum absolute atomic E-state index is 13.2. The van der Waals surface area contributed by atoms with Gasteiger partial charge in [-0.25, -0.2) is 4.68 Å². The number of nitrogens with one attached hydrogen (secondary N) is 1. The first-order valence-corrected chi connectivity index (χ1v) is 10.4. The van der Waals surface area contributed by atoms with E-state index in [-0.39, 0.29) is 11.2 Å². The van der Waals surface area contributed by atoms with E-state index in [0.717, 1.165) is 23.3 Å². The number of hydrogen-bond acceptors (Lipinski definition) is 7. The third-order valence-corrected chi connectivity index (χ3v) is 5.76. The fraction of sp³-hybridized carbons (Fsp3) is 0.450. The molecule has 1 aliphatic heterocycles. The monoisotopic (exact) mass is 400 g/mol. The number of allylic oxidation sites excluding steroid dienone is 2. The Morgan fingerprint density at radius 3 is 2.71 bits per heavy atom. The van der Waals surface area contributed by atoms with Crippen molar-refractivity contribution in [3.05, 3.63) is 35.0 Å². The van der Waals surface area contributed by atoms with Crippen molar-refractivity contribution in [1.29, 1.82) is 0 Å². The first kappa shape index (κ1) is 18.9. The Morgan fingerprint density at radius 1 is 1.25 bits per heavy atom. The highest BCUT2D eigenvalue weighted by molar-refractivity contribution is 7.98. The van der Waals surface area contributed by atoms with Crippen LogP contribution in [-0.4, -0.2) is 41.0 Å². The fourth-order valence-corrected chi connectivity index (χ4v) is 4.44. The number of methoxy groups -OCH3 is 2. The average Bonchev–Trinajstić information content (AvgIpc) is 3.07. The molecule has 0 spiro atoms. The zero-order valence-electron chi connectivity index (χ0n) is 16.7. The topological polar surface area (TPSA) is 78.3 Å². The highest BCUT2D eigenvalue weighted by Crippen LogP contribution is 2.48. The van der Waals surface area contributed by atoms with Crippen LogP contribution in [0.3, 0.4) is 0 Å². The number of nitrogens with zero attached hydrogens (tertiary/aromatic N) is 3. The van der Waals surface area contributed by atoms with Crippen LogP contribution in [0.4, 0.5) is 5.95 Å². The number of anilines is 1. The maximum atomic E-state index is 13.2. The molecule has 4 rings (SSSR count). The summed E-state index contributed by atoms with van der Waals surface area (Å²) in [4.78, 5) is 17.8. The summed E-state index contributed by atoms with van der Waals surface area (Å²) in [6.45, 7) is 4.23. The molecule has 1 aromatic carbocycles. The van der Waals surface area contributed by atoms with Crippen LogP contribution in [0.5, 0.6) is 11.5 Å². The molecule has 0 fully saturated rings. The number of hydrogen-bond donors (Lipinski definition) is 1. The molecule has 0 bridgehead atoms. The zero-order chi connectivity index (χ0) is 20.1. The van der Waals surface area contributed by atoms with Gasteiger partial charge in [-0.15, -0.1) is 5.10 Å². The number of carbonyl (C=O) groups excluding carboxylic acids is 1. The van der Waals surface area contributed by atoms with E-state index in [4.69, 9.17) is 9.47 Å². The molecule has 0 saturated heterocycles. The Kier molecular flexibility index (Phi) is 4.61. The van der Waals surface area contributed by atoms with Gasteiger partial charge in [-0.05, 0) is 24.2 Å². The van der Waals surface area contributed by atoms with Gasteiger partial charge in [-0.1, -0.05) is 37.7 Å². The number of Topliss-reactive ketones (excluding diaryl/α,β-unsaturated/α-hetero) is 1. The van der Waals surface area contributed by atoms with Crippen molar-refractivity contribution in [2.24, 2.45) is 5.41 Å². The van der Waals surface area contributed by atoms with Crippen molar-refractivity contribution in [3.8, 4) is 11.5 Å². The van der Waals surface area contributed by atoms with E-state index < -0.39 is 6.04 Å². The number of benzene rings is 1. The molecule has 8 heteroatoms. The van der Waals surface area contributed by atoms with Crippen LogP contribution in [0.1, 0.15) is 38.3 Å². The number of para-hydroxylation sites is 1. The molecular weight excluding hydrogens is 376 g/mol. The molecule has 2 aliphatic rings. The molecule has 0 unspecified atom stereocenters. The van der Waals surface area contributed by atoms with E-state index >= 15 is 0 Å². The number of carbonyl (C=O) groups is 1. The molecule has 2 heterocycles. The van der Waals surface area contributed by atoms with Gasteiger partial charge in [0.05, 0.1) is 14.2 Å². The van der Waals surface area contributed by atoms with Crippen LogP contribution in [0.25, 0.3) is 0 Å². The maximum Gasteiger partial charge on any atom is 0.227 e. The summed E-state index contributed by atoms with van der Waals surface area (Å²) in [5.41, 5.74) is 2.39. The summed E-state index contributed by atoms with van der Waals surface area (Å²) in [5, 5.41) is 8.66. The molecular formula is C20H24N4O3S. The first-order chi connectivity index (χ1) is 13.4. The van der Waals surface area contributed by atoms with Crippen LogP contribution in [0.2, 0.25) is 0 Å². The molecule has 1 atom stereocenters. The molecule has 1 aliphatic carbocycles. The summed E-state index contributed by atoms with van der Waals surface area (Å²) in [6, 6.07) is 5.30. The Bertz CT molecular complexity index is 980. The predicted octanol–water partition coefficient (Wildman–Crippen LogP) is 3.68. The van der Waals surface area contributed by atoms with Gasteiger partial charge in [0, 0.05) is 23.3 Å². The minimum atomic E-state index is -0.409. The van der Waals surface area contributed by atoms with E-state index in [2.05, 4.69) is 29.2 Å². The Hall–Kier alpha value is -2.48. The molecule has 148 valence electrons. The van der Waals surface area contributed by atoms with Crippen molar-refractivity contribution >= 4 is 23.5 Å². The lowest BCUT2D eigenvalue weighted by Gasteiger charge is -2.38. The molecule has 28 heavy (non-hydrogen) atoms. The Morgan fingerprint density at radius 2 is 2.04 bits per heavy atom. The SMILES string of the molecule is COc1cccc([C@H]2C3=C(CC(C)(C)CC3=O)Nc3nc(SC)nn32)c1OC. The molecule has 2 aromatic rings. The van der Waals surface area contributed by atoms with E-state index in [1.807, 2.05) is 24.5 Å². The van der Waals surface area contributed by atoms with E-state index in [1.54, 1.807) is 18.9 Å². The summed E-state index contributed by atoms with van der Waals surface area (Å²) < 4.78 is 13.0. The fourth-order valence-electron chi connectivity index (χ4n) is 4.09. The van der Waals surface area contributed by atoms with Gasteiger partial charge < -0.3 is 14.8 Å². The number of thioether (sulfide) groups is 1. The largest absolute Gasteiger partial charge is 0.493 e. The van der Waals surface area contributed by atoms with Crippen molar-refractivity contribution < 1.29 is 14.3 Å². The van der Waals surface area contributed by atoms with Gasteiger partial charge in [-0.2, -0.15) is 4.98 Å².